The quantitative estimate of drug-likeness (QED) is 0.387. The van der Waals surface area contributed by atoms with Crippen LogP contribution in [-0.4, -0.2) is 53.8 Å². The molecule has 0 atom stereocenters. The van der Waals surface area contributed by atoms with E-state index in [1.54, 1.807) is 37.3 Å². The van der Waals surface area contributed by atoms with Crippen LogP contribution >= 0.6 is 11.6 Å². The zero-order chi connectivity index (χ0) is 28.2. The minimum atomic E-state index is -4.14. The molecule has 208 valence electrons. The van der Waals surface area contributed by atoms with Gasteiger partial charge in [-0.25, -0.2) is 16.8 Å². The van der Waals surface area contributed by atoms with Gasteiger partial charge >= 0.3 is 0 Å². The van der Waals surface area contributed by atoms with E-state index in [4.69, 9.17) is 16.3 Å². The van der Waals surface area contributed by atoms with E-state index in [-0.39, 0.29) is 26.9 Å². The molecule has 0 bridgehead atoms. The smallest absolute Gasteiger partial charge is 0.264 e. The van der Waals surface area contributed by atoms with Crippen molar-refractivity contribution in [3.05, 3.63) is 77.3 Å². The number of benzene rings is 3. The number of aryl methyl sites for hydroxylation is 1. The number of carbonyl (C=O) groups is 1. The number of anilines is 2. The Bertz CT molecular complexity index is 1560. The first-order valence-corrected chi connectivity index (χ1v) is 15.6. The van der Waals surface area contributed by atoms with E-state index in [0.29, 0.717) is 23.7 Å². The maximum Gasteiger partial charge on any atom is 0.264 e. The van der Waals surface area contributed by atoms with E-state index < -0.39 is 32.5 Å². The van der Waals surface area contributed by atoms with Gasteiger partial charge in [0.05, 0.1) is 28.3 Å². The van der Waals surface area contributed by atoms with Crippen LogP contribution in [-0.2, 0) is 24.8 Å². The molecule has 0 saturated carbocycles. The molecule has 0 unspecified atom stereocenters. The summed E-state index contributed by atoms with van der Waals surface area (Å²) in [6.07, 6.45) is 2.55. The number of amides is 1. The zero-order valence-corrected chi connectivity index (χ0v) is 24.0. The number of nitrogens with zero attached hydrogens (tertiary/aromatic N) is 2. The molecule has 1 amide bonds. The van der Waals surface area contributed by atoms with Crippen LogP contribution in [0.4, 0.5) is 11.4 Å². The molecule has 1 aliphatic heterocycles. The van der Waals surface area contributed by atoms with Gasteiger partial charge in [-0.1, -0.05) is 36.2 Å². The summed E-state index contributed by atoms with van der Waals surface area (Å²) in [5.74, 6) is -0.448. The first-order valence-electron chi connectivity index (χ1n) is 12.4. The number of sulfonamides is 2. The maximum atomic E-state index is 13.6. The number of methoxy groups -OCH3 is 1. The lowest BCUT2D eigenvalue weighted by atomic mass is 10.2. The second-order valence-electron chi connectivity index (χ2n) is 9.13. The van der Waals surface area contributed by atoms with Gasteiger partial charge in [-0.3, -0.25) is 9.10 Å². The zero-order valence-electron chi connectivity index (χ0n) is 21.6. The summed E-state index contributed by atoms with van der Waals surface area (Å²) in [5, 5.41) is 3.08. The molecule has 3 aromatic carbocycles. The summed E-state index contributed by atoms with van der Waals surface area (Å²) in [6, 6.07) is 16.7. The molecule has 9 nitrogen and oxygen atoms in total. The molecule has 0 aliphatic carbocycles. The molecule has 3 aromatic rings. The number of rotatable bonds is 9. The lowest BCUT2D eigenvalue weighted by molar-refractivity contribution is -0.114. The van der Waals surface area contributed by atoms with Crippen LogP contribution in [0.25, 0.3) is 0 Å². The molecule has 0 spiro atoms. The van der Waals surface area contributed by atoms with Crippen molar-refractivity contribution in [2.24, 2.45) is 0 Å². The Hall–Kier alpha value is -3.12. The second-order valence-corrected chi connectivity index (χ2v) is 13.4. The highest BCUT2D eigenvalue weighted by atomic mass is 35.5. The van der Waals surface area contributed by atoms with Crippen molar-refractivity contribution in [2.75, 3.05) is 36.4 Å². The van der Waals surface area contributed by atoms with E-state index in [1.807, 2.05) is 0 Å². The molecule has 12 heteroatoms. The predicted octanol–water partition coefficient (Wildman–Crippen LogP) is 4.67. The van der Waals surface area contributed by atoms with E-state index in [0.717, 1.165) is 23.6 Å². The molecule has 1 heterocycles. The molecular weight excluding hydrogens is 562 g/mol. The van der Waals surface area contributed by atoms with E-state index in [1.165, 1.54) is 47.8 Å². The van der Waals surface area contributed by atoms with Gasteiger partial charge in [0, 0.05) is 18.1 Å². The Morgan fingerprint density at radius 2 is 1.64 bits per heavy atom. The standard InChI is InChI=1S/C27H30ClN3O6S2/c1-20-17-21(28)11-13-25(20)31(39(35,36)22-9-5-3-6-10-22)19-27(32)29-24-18-23(12-14-26(24)37-2)38(33,34)30-15-7-4-8-16-30/h3,5-6,9-14,17-18H,4,7-8,15-16,19H2,1-2H3,(H,29,32). The lowest BCUT2D eigenvalue weighted by Crippen LogP contribution is -2.38. The molecule has 39 heavy (non-hydrogen) atoms. The maximum absolute atomic E-state index is 13.6. The third-order valence-corrected chi connectivity index (χ3v) is 10.3. The SMILES string of the molecule is COc1ccc(S(=O)(=O)N2CCCCC2)cc1NC(=O)CN(c1ccc(Cl)cc1C)S(=O)(=O)c1ccccc1. The Balaban J connectivity index is 1.67. The largest absolute Gasteiger partial charge is 0.495 e. The van der Waals surface area contributed by atoms with Gasteiger partial charge in [-0.05, 0) is 73.9 Å². The molecule has 0 radical (unpaired) electrons. The van der Waals surface area contributed by atoms with Crippen LogP contribution < -0.4 is 14.4 Å². The molecule has 0 aromatic heterocycles. The van der Waals surface area contributed by atoms with Gasteiger partial charge in [0.1, 0.15) is 12.3 Å². The summed E-state index contributed by atoms with van der Waals surface area (Å²) in [4.78, 5) is 13.4. The highest BCUT2D eigenvalue weighted by molar-refractivity contribution is 7.92. The molecule has 4 rings (SSSR count). The van der Waals surface area contributed by atoms with Crippen LogP contribution in [0.5, 0.6) is 5.75 Å². The number of nitrogens with one attached hydrogen (secondary N) is 1. The van der Waals surface area contributed by atoms with Gasteiger partial charge in [0.2, 0.25) is 15.9 Å². The van der Waals surface area contributed by atoms with E-state index in [9.17, 15) is 21.6 Å². The van der Waals surface area contributed by atoms with Crippen LogP contribution in [0, 0.1) is 6.92 Å². The highest BCUT2D eigenvalue weighted by Gasteiger charge is 2.30. The van der Waals surface area contributed by atoms with Crippen molar-refractivity contribution in [2.45, 2.75) is 36.0 Å². The second kappa shape index (κ2) is 12.0. The molecule has 1 aliphatic rings. The Morgan fingerprint density at radius 1 is 0.949 bits per heavy atom. The van der Waals surface area contributed by atoms with Gasteiger partial charge in [0.25, 0.3) is 10.0 Å². The van der Waals surface area contributed by atoms with Crippen molar-refractivity contribution in [1.29, 1.82) is 0 Å². The lowest BCUT2D eigenvalue weighted by Gasteiger charge is -2.27. The molecular formula is C27H30ClN3O6S2. The Kier molecular flexibility index (Phi) is 8.85. The summed E-state index contributed by atoms with van der Waals surface area (Å²) >= 11 is 6.09. The normalized spacial score (nSPS) is 14.5. The number of piperidine rings is 1. The van der Waals surface area contributed by atoms with Crippen molar-refractivity contribution in [3.8, 4) is 5.75 Å². The Labute approximate surface area is 234 Å². The third kappa shape index (κ3) is 6.38. The van der Waals surface area contributed by atoms with Gasteiger partial charge in [-0.2, -0.15) is 4.31 Å². The third-order valence-electron chi connectivity index (χ3n) is 6.44. The van der Waals surface area contributed by atoms with Crippen molar-refractivity contribution < 1.29 is 26.4 Å². The topological polar surface area (TPSA) is 113 Å². The van der Waals surface area contributed by atoms with E-state index >= 15 is 0 Å². The molecule has 1 saturated heterocycles. The minimum Gasteiger partial charge on any atom is -0.495 e. The van der Waals surface area contributed by atoms with Crippen molar-refractivity contribution in [3.63, 3.8) is 0 Å². The average Bonchev–Trinajstić information content (AvgIpc) is 2.93. The van der Waals surface area contributed by atoms with Crippen molar-refractivity contribution >= 4 is 48.9 Å². The first-order chi connectivity index (χ1) is 18.5. The number of hydrogen-bond donors (Lipinski definition) is 1. The van der Waals surface area contributed by atoms with Crippen LogP contribution in [0.15, 0.2) is 76.5 Å². The first kappa shape index (κ1) is 28.9. The van der Waals surface area contributed by atoms with E-state index in [2.05, 4.69) is 5.32 Å². The summed E-state index contributed by atoms with van der Waals surface area (Å²) < 4.78 is 61.5. The average molecular weight is 592 g/mol. The number of hydrogen-bond acceptors (Lipinski definition) is 6. The molecule has 1 N–H and O–H groups in total. The van der Waals surface area contributed by atoms with Crippen LogP contribution in [0.3, 0.4) is 0 Å². The minimum absolute atomic E-state index is 0.0133. The van der Waals surface area contributed by atoms with Crippen LogP contribution in [0.2, 0.25) is 5.02 Å². The monoisotopic (exact) mass is 591 g/mol. The fraction of sp³-hybridized carbons (Fsp3) is 0.296. The Morgan fingerprint density at radius 3 is 2.28 bits per heavy atom. The summed E-state index contributed by atoms with van der Waals surface area (Å²) in [6.45, 7) is 1.99. The van der Waals surface area contributed by atoms with Gasteiger partial charge in [-0.15, -0.1) is 0 Å². The van der Waals surface area contributed by atoms with Crippen LogP contribution in [0.1, 0.15) is 24.8 Å². The number of halogens is 1. The van der Waals surface area contributed by atoms with Gasteiger partial charge in [0.15, 0.2) is 0 Å². The highest BCUT2D eigenvalue weighted by Crippen LogP contribution is 2.32. The fourth-order valence-corrected chi connectivity index (χ4v) is 7.71. The predicted molar refractivity (Wildman–Crippen MR) is 151 cm³/mol. The summed E-state index contributed by atoms with van der Waals surface area (Å²) in [5.41, 5.74) is 0.958. The fourth-order valence-electron chi connectivity index (χ4n) is 4.44. The number of carbonyl (C=O) groups excluding carboxylic acids is 1. The number of ether oxygens (including phenoxy) is 1. The van der Waals surface area contributed by atoms with Gasteiger partial charge < -0.3 is 10.1 Å². The van der Waals surface area contributed by atoms with Crippen molar-refractivity contribution in [1.82, 2.24) is 4.31 Å². The molecule has 1 fully saturated rings. The summed E-state index contributed by atoms with van der Waals surface area (Å²) in [7, 11) is -6.52.